The van der Waals surface area contributed by atoms with E-state index < -0.39 is 0 Å². The quantitative estimate of drug-likeness (QED) is 0.369. The van der Waals surface area contributed by atoms with Crippen LogP contribution in [0.2, 0.25) is 0 Å². The van der Waals surface area contributed by atoms with Gasteiger partial charge < -0.3 is 18.6 Å². The Hall–Kier alpha value is -3.76. The zero-order chi connectivity index (χ0) is 23.2. The van der Waals surface area contributed by atoms with Crippen LogP contribution in [0.4, 0.5) is 5.13 Å². The number of methoxy groups -OCH3 is 1. The number of rotatable bonds is 9. The summed E-state index contributed by atoms with van der Waals surface area (Å²) >= 11 is 1.33. The minimum Gasteiger partial charge on any atom is -0.488 e. The van der Waals surface area contributed by atoms with Gasteiger partial charge in [-0.25, -0.2) is 4.98 Å². The van der Waals surface area contributed by atoms with Crippen molar-refractivity contribution in [1.29, 1.82) is 0 Å². The third kappa shape index (κ3) is 5.73. The first-order chi connectivity index (χ1) is 16.0. The monoisotopic (exact) mass is 466 g/mol. The van der Waals surface area contributed by atoms with Crippen LogP contribution in [0, 0.1) is 6.92 Å². The number of anilines is 1. The molecule has 1 atom stereocenters. The lowest BCUT2D eigenvalue weighted by atomic mass is 10.1. The largest absolute Gasteiger partial charge is 0.488 e. The Morgan fingerprint density at radius 3 is 2.61 bits per heavy atom. The fraction of sp³-hybridized carbons (Fsp3) is 0.217. The third-order valence-electron chi connectivity index (χ3n) is 4.44. The lowest BCUT2D eigenvalue weighted by Crippen LogP contribution is -2.18. The number of thiazole rings is 1. The molecule has 0 bridgehead atoms. The Morgan fingerprint density at radius 1 is 1.15 bits per heavy atom. The molecule has 2 aromatic heterocycles. The van der Waals surface area contributed by atoms with E-state index in [0.717, 1.165) is 5.56 Å². The van der Waals surface area contributed by atoms with E-state index in [-0.39, 0.29) is 12.0 Å². The number of ether oxygens (including phenoxy) is 3. The minimum absolute atomic E-state index is 0.183. The molecule has 170 valence electrons. The van der Waals surface area contributed by atoms with Gasteiger partial charge in [0.2, 0.25) is 11.8 Å². The molecule has 1 amide bonds. The Labute approximate surface area is 194 Å². The molecule has 0 aliphatic rings. The number of carbonyl (C=O) groups is 1. The highest BCUT2D eigenvalue weighted by Crippen LogP contribution is 2.31. The highest BCUT2D eigenvalue weighted by Gasteiger charge is 2.17. The molecule has 0 aliphatic carbocycles. The molecule has 2 aromatic carbocycles. The summed E-state index contributed by atoms with van der Waals surface area (Å²) in [6.07, 6.45) is 1.44. The zero-order valence-corrected chi connectivity index (χ0v) is 19.1. The van der Waals surface area contributed by atoms with Crippen molar-refractivity contribution in [3.05, 3.63) is 65.5 Å². The Balaban J connectivity index is 1.58. The predicted octanol–water partition coefficient (Wildman–Crippen LogP) is 4.96. The van der Waals surface area contributed by atoms with E-state index in [9.17, 15) is 4.79 Å². The van der Waals surface area contributed by atoms with Gasteiger partial charge in [-0.3, -0.25) is 10.1 Å². The maximum absolute atomic E-state index is 13.0. The average Bonchev–Trinajstić information content (AvgIpc) is 3.47. The van der Waals surface area contributed by atoms with Crippen molar-refractivity contribution < 1.29 is 23.4 Å². The average molecular weight is 467 g/mol. The summed E-state index contributed by atoms with van der Waals surface area (Å²) in [6.45, 7) is 4.04. The van der Waals surface area contributed by atoms with Gasteiger partial charge >= 0.3 is 0 Å². The van der Waals surface area contributed by atoms with Crippen LogP contribution in [0.15, 0.2) is 58.5 Å². The third-order valence-corrected chi connectivity index (χ3v) is 5.13. The summed E-state index contributed by atoms with van der Waals surface area (Å²) in [6, 6.07) is 12.2. The second kappa shape index (κ2) is 10.2. The summed E-state index contributed by atoms with van der Waals surface area (Å²) in [5.74, 6) is 2.00. The molecule has 33 heavy (non-hydrogen) atoms. The lowest BCUT2D eigenvalue weighted by Gasteiger charge is -2.16. The van der Waals surface area contributed by atoms with Crippen LogP contribution < -0.4 is 14.8 Å². The number of hydrogen-bond acceptors (Lipinski definition) is 9. The van der Waals surface area contributed by atoms with Crippen LogP contribution in [0.1, 0.15) is 23.2 Å². The van der Waals surface area contributed by atoms with E-state index in [1.807, 2.05) is 19.1 Å². The van der Waals surface area contributed by atoms with Gasteiger partial charge in [0.25, 0.3) is 5.91 Å². The van der Waals surface area contributed by atoms with Crippen molar-refractivity contribution in [3.63, 3.8) is 0 Å². The van der Waals surface area contributed by atoms with Crippen LogP contribution in [0.5, 0.6) is 17.2 Å². The van der Waals surface area contributed by atoms with Gasteiger partial charge in [-0.15, -0.1) is 21.5 Å². The molecule has 0 radical (unpaired) electrons. The zero-order valence-electron chi connectivity index (χ0n) is 18.3. The molecule has 9 nitrogen and oxygen atoms in total. The Kier molecular flexibility index (Phi) is 6.96. The van der Waals surface area contributed by atoms with Gasteiger partial charge in [0.15, 0.2) is 5.13 Å². The number of benzene rings is 2. The van der Waals surface area contributed by atoms with Gasteiger partial charge in [-0.2, -0.15) is 0 Å². The first kappa shape index (κ1) is 22.4. The molecule has 0 aliphatic heterocycles. The van der Waals surface area contributed by atoms with Crippen molar-refractivity contribution in [1.82, 2.24) is 15.2 Å². The molecule has 10 heteroatoms. The topological polar surface area (TPSA) is 109 Å². The first-order valence-corrected chi connectivity index (χ1v) is 11.0. The van der Waals surface area contributed by atoms with E-state index in [0.29, 0.717) is 46.3 Å². The SMILES string of the molecule is COC[C@H](C)Oc1ccc(Oc2ccc(-c3nnc(C)o3)cc2)c(C(=O)Nc2nccs2)c1. The number of amides is 1. The number of carbonyl (C=O) groups excluding carboxylic acids is 1. The second-order valence-electron chi connectivity index (χ2n) is 7.09. The van der Waals surface area contributed by atoms with Gasteiger partial charge in [0.05, 0.1) is 12.2 Å². The van der Waals surface area contributed by atoms with Crippen molar-refractivity contribution in [2.75, 3.05) is 19.0 Å². The molecule has 0 saturated heterocycles. The van der Waals surface area contributed by atoms with Crippen LogP contribution >= 0.6 is 11.3 Å². The number of hydrogen-bond donors (Lipinski definition) is 1. The number of nitrogens with one attached hydrogen (secondary N) is 1. The summed E-state index contributed by atoms with van der Waals surface area (Å²) in [5.41, 5.74) is 1.07. The maximum Gasteiger partial charge on any atom is 0.261 e. The van der Waals surface area contributed by atoms with Crippen molar-refractivity contribution in [2.24, 2.45) is 0 Å². The Bertz CT molecular complexity index is 1210. The maximum atomic E-state index is 13.0. The molecule has 0 fully saturated rings. The first-order valence-electron chi connectivity index (χ1n) is 10.1. The molecule has 0 spiro atoms. The molecule has 4 aromatic rings. The van der Waals surface area contributed by atoms with Crippen LogP contribution in [0.25, 0.3) is 11.5 Å². The lowest BCUT2D eigenvalue weighted by molar-refractivity contribution is 0.0916. The molecular formula is C23H22N4O5S. The van der Waals surface area contributed by atoms with Crippen molar-refractivity contribution >= 4 is 22.4 Å². The van der Waals surface area contributed by atoms with Crippen molar-refractivity contribution in [3.8, 4) is 28.7 Å². The molecule has 0 unspecified atom stereocenters. The normalized spacial score (nSPS) is 11.7. The number of nitrogens with zero attached hydrogens (tertiary/aromatic N) is 3. The standard InChI is InChI=1S/C23H22N4O5S/c1-14(13-29-3)30-18-8-9-20(19(12-18)21(28)25-23-24-10-11-33-23)32-17-6-4-16(5-7-17)22-27-26-15(2)31-22/h4-12,14H,13H2,1-3H3,(H,24,25,28)/t14-/m0/s1. The van der Waals surface area contributed by atoms with Gasteiger partial charge in [0.1, 0.15) is 23.4 Å². The molecule has 4 rings (SSSR count). The van der Waals surface area contributed by atoms with E-state index in [2.05, 4.69) is 20.5 Å². The molecular weight excluding hydrogens is 444 g/mol. The number of aryl methyl sites for hydroxylation is 1. The summed E-state index contributed by atoms with van der Waals surface area (Å²) in [5, 5.41) is 12.9. The van der Waals surface area contributed by atoms with E-state index in [4.69, 9.17) is 18.6 Å². The molecule has 1 N–H and O–H groups in total. The van der Waals surface area contributed by atoms with Gasteiger partial charge in [-0.05, 0) is 49.4 Å². The molecule has 2 heterocycles. The van der Waals surface area contributed by atoms with Crippen LogP contribution in [0.3, 0.4) is 0 Å². The predicted molar refractivity (Wildman–Crippen MR) is 123 cm³/mol. The fourth-order valence-electron chi connectivity index (χ4n) is 3.01. The summed E-state index contributed by atoms with van der Waals surface area (Å²) in [4.78, 5) is 17.1. The summed E-state index contributed by atoms with van der Waals surface area (Å²) < 4.78 is 22.4. The van der Waals surface area contributed by atoms with Crippen molar-refractivity contribution in [2.45, 2.75) is 20.0 Å². The highest BCUT2D eigenvalue weighted by molar-refractivity contribution is 7.13. The minimum atomic E-state index is -0.359. The molecule has 0 saturated carbocycles. The Morgan fingerprint density at radius 2 is 1.94 bits per heavy atom. The van der Waals surface area contributed by atoms with E-state index >= 15 is 0 Å². The van der Waals surface area contributed by atoms with Crippen LogP contribution in [-0.2, 0) is 4.74 Å². The number of aromatic nitrogens is 3. The van der Waals surface area contributed by atoms with E-state index in [1.165, 1.54) is 11.3 Å². The summed E-state index contributed by atoms with van der Waals surface area (Å²) in [7, 11) is 1.61. The smallest absolute Gasteiger partial charge is 0.261 e. The van der Waals surface area contributed by atoms with Gasteiger partial charge in [-0.1, -0.05) is 0 Å². The second-order valence-corrected chi connectivity index (χ2v) is 7.98. The highest BCUT2D eigenvalue weighted by atomic mass is 32.1. The van der Waals surface area contributed by atoms with Crippen LogP contribution in [-0.4, -0.2) is 40.9 Å². The van der Waals surface area contributed by atoms with E-state index in [1.54, 1.807) is 55.9 Å². The van der Waals surface area contributed by atoms with Gasteiger partial charge in [0, 0.05) is 31.2 Å². The fourth-order valence-corrected chi connectivity index (χ4v) is 3.53.